The third kappa shape index (κ3) is 9.73. The first-order valence-electron chi connectivity index (χ1n) is 11.0. The first-order chi connectivity index (χ1) is 16.0. The Morgan fingerprint density at radius 1 is 0.941 bits per heavy atom. The van der Waals surface area contributed by atoms with Crippen LogP contribution in [-0.4, -0.2) is 75.8 Å². The van der Waals surface area contributed by atoms with Crippen LogP contribution in [0.4, 0.5) is 0 Å². The Morgan fingerprint density at radius 3 is 2.09 bits per heavy atom. The van der Waals surface area contributed by atoms with E-state index in [2.05, 4.69) is 16.0 Å². The summed E-state index contributed by atoms with van der Waals surface area (Å²) in [7, 11) is 0. The maximum atomic E-state index is 12.6. The zero-order chi connectivity index (χ0) is 25.8. The number of benzene rings is 1. The number of unbranched alkanes of at least 4 members (excludes halogenated alkanes) is 1. The number of nitrogens with two attached hydrogens (primary N) is 2. The second-order valence-corrected chi connectivity index (χ2v) is 8.12. The van der Waals surface area contributed by atoms with Crippen molar-refractivity contribution in [3.05, 3.63) is 29.8 Å². The summed E-state index contributed by atoms with van der Waals surface area (Å²) in [6.45, 7) is 3.02. The van der Waals surface area contributed by atoms with Gasteiger partial charge in [0.1, 0.15) is 17.8 Å². The summed E-state index contributed by atoms with van der Waals surface area (Å²) in [5.41, 5.74) is 12.1. The van der Waals surface area contributed by atoms with Crippen LogP contribution < -0.4 is 27.4 Å². The highest BCUT2D eigenvalue weighted by Crippen LogP contribution is 2.11. The number of aliphatic hydroxyl groups is 1. The predicted octanol–water partition coefficient (Wildman–Crippen LogP) is -1.67. The number of carbonyl (C=O) groups is 4. The third-order valence-electron chi connectivity index (χ3n) is 5.11. The van der Waals surface area contributed by atoms with Crippen LogP contribution in [0.5, 0.6) is 5.75 Å². The molecule has 1 aromatic carbocycles. The molecule has 1 rings (SSSR count). The van der Waals surface area contributed by atoms with Crippen LogP contribution in [-0.2, 0) is 25.6 Å². The van der Waals surface area contributed by atoms with E-state index in [0.29, 0.717) is 19.4 Å². The van der Waals surface area contributed by atoms with Gasteiger partial charge in [-0.2, -0.15) is 0 Å². The first-order valence-corrected chi connectivity index (χ1v) is 11.0. The second kappa shape index (κ2) is 14.1. The SMILES string of the molecule is CC(NC(=O)C(N)Cc1ccc(O)cc1)C(=O)NC(CCCCN)C(=O)NC(C(=O)O)C(C)O. The van der Waals surface area contributed by atoms with Crippen molar-refractivity contribution in [2.24, 2.45) is 11.5 Å². The Labute approximate surface area is 198 Å². The Bertz CT molecular complexity index is 831. The summed E-state index contributed by atoms with van der Waals surface area (Å²) in [6.07, 6.45) is 0.0776. The van der Waals surface area contributed by atoms with E-state index in [1.54, 1.807) is 12.1 Å². The molecule has 0 saturated carbocycles. The molecule has 12 nitrogen and oxygen atoms in total. The monoisotopic (exact) mass is 481 g/mol. The van der Waals surface area contributed by atoms with Crippen molar-refractivity contribution in [2.75, 3.05) is 6.54 Å². The fraction of sp³-hybridized carbons (Fsp3) is 0.545. The second-order valence-electron chi connectivity index (χ2n) is 8.12. The number of nitrogens with one attached hydrogen (secondary N) is 3. The van der Waals surface area contributed by atoms with Crippen LogP contribution in [0, 0.1) is 0 Å². The Hall–Kier alpha value is -3.22. The number of phenolic OH excluding ortho intramolecular Hbond substituents is 1. The van der Waals surface area contributed by atoms with Crippen LogP contribution in [0.25, 0.3) is 0 Å². The molecular weight excluding hydrogens is 446 g/mol. The fourth-order valence-corrected chi connectivity index (χ4v) is 3.07. The summed E-state index contributed by atoms with van der Waals surface area (Å²) in [6, 6.07) is 1.57. The van der Waals surface area contributed by atoms with E-state index >= 15 is 0 Å². The lowest BCUT2D eigenvalue weighted by molar-refractivity contribution is -0.145. The predicted molar refractivity (Wildman–Crippen MR) is 123 cm³/mol. The highest BCUT2D eigenvalue weighted by Gasteiger charge is 2.30. The Kier molecular flexibility index (Phi) is 12.0. The van der Waals surface area contributed by atoms with Crippen molar-refractivity contribution in [1.82, 2.24) is 16.0 Å². The lowest BCUT2D eigenvalue weighted by Crippen LogP contribution is -2.57. The standard InChI is InChI=1S/C22H35N5O7/c1-12(25-20(31)16(24)11-14-6-8-15(29)9-7-14)19(30)26-17(5-3-4-10-23)21(32)27-18(13(2)28)22(33)34/h6-9,12-13,16-18,28-29H,3-5,10-11,23-24H2,1-2H3,(H,25,31)(H,26,30)(H,27,32)(H,33,34). The van der Waals surface area contributed by atoms with Crippen LogP contribution in [0.3, 0.4) is 0 Å². The largest absolute Gasteiger partial charge is 0.508 e. The summed E-state index contributed by atoms with van der Waals surface area (Å²) in [5, 5.41) is 35.3. The summed E-state index contributed by atoms with van der Waals surface area (Å²) in [5.74, 6) is -3.36. The molecule has 1 aromatic rings. The highest BCUT2D eigenvalue weighted by molar-refractivity contribution is 5.94. The minimum atomic E-state index is -1.54. The number of amides is 3. The normalized spacial score (nSPS) is 15.3. The summed E-state index contributed by atoms with van der Waals surface area (Å²) in [4.78, 5) is 48.9. The van der Waals surface area contributed by atoms with Gasteiger partial charge in [0, 0.05) is 0 Å². The molecule has 0 heterocycles. The van der Waals surface area contributed by atoms with E-state index in [0.717, 1.165) is 5.56 Å². The third-order valence-corrected chi connectivity index (χ3v) is 5.11. The number of hydrogen-bond acceptors (Lipinski definition) is 8. The van der Waals surface area contributed by atoms with Gasteiger partial charge in [0.05, 0.1) is 12.1 Å². The van der Waals surface area contributed by atoms with Crippen molar-refractivity contribution >= 4 is 23.7 Å². The van der Waals surface area contributed by atoms with Crippen LogP contribution >= 0.6 is 0 Å². The molecule has 0 aliphatic rings. The first kappa shape index (κ1) is 28.8. The van der Waals surface area contributed by atoms with Crippen LogP contribution in [0.2, 0.25) is 0 Å². The number of hydrogen-bond donors (Lipinski definition) is 8. The van der Waals surface area contributed by atoms with Gasteiger partial charge in [-0.1, -0.05) is 12.1 Å². The van der Waals surface area contributed by atoms with Gasteiger partial charge in [-0.3, -0.25) is 14.4 Å². The van der Waals surface area contributed by atoms with Gasteiger partial charge in [-0.25, -0.2) is 4.79 Å². The van der Waals surface area contributed by atoms with Gasteiger partial charge in [0.25, 0.3) is 0 Å². The van der Waals surface area contributed by atoms with Crippen molar-refractivity contribution in [2.45, 2.75) is 69.8 Å². The van der Waals surface area contributed by atoms with Crippen molar-refractivity contribution < 1.29 is 34.5 Å². The molecule has 3 amide bonds. The van der Waals surface area contributed by atoms with Gasteiger partial charge in [-0.15, -0.1) is 0 Å². The average Bonchev–Trinajstić information content (AvgIpc) is 2.77. The maximum Gasteiger partial charge on any atom is 0.328 e. The number of phenols is 1. The molecule has 190 valence electrons. The number of aromatic hydroxyl groups is 1. The lowest BCUT2D eigenvalue weighted by Gasteiger charge is -2.24. The zero-order valence-electron chi connectivity index (χ0n) is 19.4. The van der Waals surface area contributed by atoms with Gasteiger partial charge in [0.2, 0.25) is 17.7 Å². The van der Waals surface area contributed by atoms with E-state index in [1.165, 1.54) is 26.0 Å². The molecule has 0 aromatic heterocycles. The van der Waals surface area contributed by atoms with Crippen LogP contribution in [0.1, 0.15) is 38.7 Å². The molecule has 0 radical (unpaired) electrons. The minimum absolute atomic E-state index is 0.0836. The quantitative estimate of drug-likeness (QED) is 0.142. The smallest absolute Gasteiger partial charge is 0.328 e. The molecule has 0 saturated heterocycles. The van der Waals surface area contributed by atoms with Gasteiger partial charge < -0.3 is 42.7 Å². The maximum absolute atomic E-state index is 12.6. The van der Waals surface area contributed by atoms with E-state index in [9.17, 15) is 34.5 Å². The molecule has 0 aliphatic heterocycles. The highest BCUT2D eigenvalue weighted by atomic mass is 16.4. The average molecular weight is 482 g/mol. The van der Waals surface area contributed by atoms with Gasteiger partial charge in [-0.05, 0) is 63.8 Å². The zero-order valence-corrected chi connectivity index (χ0v) is 19.4. The summed E-state index contributed by atoms with van der Waals surface area (Å²) >= 11 is 0. The van der Waals surface area contributed by atoms with E-state index < -0.39 is 54.0 Å². The Balaban J connectivity index is 2.75. The lowest BCUT2D eigenvalue weighted by atomic mass is 10.1. The van der Waals surface area contributed by atoms with Crippen molar-refractivity contribution in [3.8, 4) is 5.75 Å². The molecule has 0 aliphatic carbocycles. The number of aliphatic carboxylic acids is 1. The topological polar surface area (TPSA) is 217 Å². The Morgan fingerprint density at radius 2 is 1.56 bits per heavy atom. The molecular formula is C22H35N5O7. The number of carboxylic acids is 1. The fourth-order valence-electron chi connectivity index (χ4n) is 3.07. The molecule has 34 heavy (non-hydrogen) atoms. The van der Waals surface area contributed by atoms with Gasteiger partial charge in [0.15, 0.2) is 6.04 Å². The van der Waals surface area contributed by atoms with Crippen molar-refractivity contribution in [1.29, 1.82) is 0 Å². The van der Waals surface area contributed by atoms with Crippen molar-refractivity contribution in [3.63, 3.8) is 0 Å². The molecule has 5 unspecified atom stereocenters. The van der Waals surface area contributed by atoms with E-state index in [1.807, 2.05) is 0 Å². The molecule has 0 spiro atoms. The van der Waals surface area contributed by atoms with E-state index in [-0.39, 0.29) is 18.6 Å². The summed E-state index contributed by atoms with van der Waals surface area (Å²) < 4.78 is 0. The number of carbonyl (C=O) groups excluding carboxylic acids is 3. The van der Waals surface area contributed by atoms with Crippen LogP contribution in [0.15, 0.2) is 24.3 Å². The molecule has 12 heteroatoms. The number of carboxylic acid groups (broad SMARTS) is 1. The molecule has 0 bridgehead atoms. The molecule has 10 N–H and O–H groups in total. The van der Waals surface area contributed by atoms with E-state index in [4.69, 9.17) is 11.5 Å². The molecule has 0 fully saturated rings. The van der Waals surface area contributed by atoms with Gasteiger partial charge >= 0.3 is 5.97 Å². The number of aliphatic hydroxyl groups excluding tert-OH is 1. The minimum Gasteiger partial charge on any atom is -0.508 e. The molecule has 5 atom stereocenters. The number of rotatable bonds is 14.